The molecule has 1 amide bonds. The van der Waals surface area contributed by atoms with Crippen molar-refractivity contribution in [1.82, 2.24) is 9.97 Å². The minimum Gasteiger partial charge on any atom is -0.325 e. The summed E-state index contributed by atoms with van der Waals surface area (Å²) in [5, 5.41) is 2.82. The lowest BCUT2D eigenvalue weighted by Crippen LogP contribution is -2.29. The maximum atomic E-state index is 12.0. The van der Waals surface area contributed by atoms with Crippen molar-refractivity contribution in [3.8, 4) is 0 Å². The van der Waals surface area contributed by atoms with E-state index >= 15 is 0 Å². The largest absolute Gasteiger partial charge is 0.325 e. The summed E-state index contributed by atoms with van der Waals surface area (Å²) in [7, 11) is 0. The van der Waals surface area contributed by atoms with Crippen LogP contribution in [0.4, 0.5) is 5.69 Å². The number of hydrogen-bond donors (Lipinski definition) is 3. The Morgan fingerprint density at radius 3 is 2.56 bits per heavy atom. The first kappa shape index (κ1) is 17.5. The van der Waals surface area contributed by atoms with Crippen LogP contribution in [0.25, 0.3) is 11.0 Å². The third-order valence-corrected chi connectivity index (χ3v) is 4.87. The lowest BCUT2D eigenvalue weighted by atomic mass is 10.2. The molecule has 25 heavy (non-hydrogen) atoms. The highest BCUT2D eigenvalue weighted by Crippen LogP contribution is 2.24. The molecule has 3 aromatic rings. The van der Waals surface area contributed by atoms with Crippen molar-refractivity contribution in [2.75, 3.05) is 11.1 Å². The van der Waals surface area contributed by atoms with Crippen molar-refractivity contribution < 1.29 is 4.79 Å². The van der Waals surface area contributed by atoms with E-state index in [9.17, 15) is 14.4 Å². The van der Waals surface area contributed by atoms with Crippen molar-refractivity contribution in [3.05, 3.63) is 73.2 Å². The van der Waals surface area contributed by atoms with E-state index in [4.69, 9.17) is 0 Å². The summed E-state index contributed by atoms with van der Waals surface area (Å²) >= 11 is 4.81. The Bertz CT molecular complexity index is 1030. The van der Waals surface area contributed by atoms with Gasteiger partial charge >= 0.3 is 11.1 Å². The number of thioether (sulfide) groups is 1. The molecule has 0 saturated carbocycles. The first-order valence-electron chi connectivity index (χ1n) is 7.40. The van der Waals surface area contributed by atoms with Gasteiger partial charge in [0.25, 0.3) is 0 Å². The summed E-state index contributed by atoms with van der Waals surface area (Å²) in [6.45, 7) is 0. The first-order valence-corrected chi connectivity index (χ1v) is 9.35. The Hall–Kier alpha value is -2.32. The molecule has 0 atom stereocenters. The summed E-state index contributed by atoms with van der Waals surface area (Å²) in [5.74, 6) is 0.689. The Morgan fingerprint density at radius 2 is 1.80 bits per heavy atom. The van der Waals surface area contributed by atoms with Gasteiger partial charge in [-0.25, -0.2) is 0 Å². The number of aromatic nitrogens is 2. The van der Waals surface area contributed by atoms with Gasteiger partial charge in [-0.15, -0.1) is 11.8 Å². The van der Waals surface area contributed by atoms with Crippen LogP contribution in [0.1, 0.15) is 5.56 Å². The minimum atomic E-state index is -0.692. The highest BCUT2D eigenvalue weighted by atomic mass is 79.9. The molecule has 1 aromatic heterocycles. The standard InChI is InChI=1S/C17H14BrN3O3S/c18-11-6-10(15-13(7-11)20-16(23)17(24)21-15)8-25-9-14(22)19-12-4-2-1-3-5-12/h1-7H,8-9H2,(H,19,22)(H,20,23)(H,21,24). The monoisotopic (exact) mass is 419 g/mol. The molecule has 0 bridgehead atoms. The number of halogens is 1. The molecule has 3 N–H and O–H groups in total. The summed E-state index contributed by atoms with van der Waals surface area (Å²) in [6.07, 6.45) is 0. The van der Waals surface area contributed by atoms with Crippen LogP contribution >= 0.6 is 27.7 Å². The van der Waals surface area contributed by atoms with Crippen molar-refractivity contribution in [3.63, 3.8) is 0 Å². The number of para-hydroxylation sites is 1. The van der Waals surface area contributed by atoms with Gasteiger partial charge < -0.3 is 15.3 Å². The number of amides is 1. The predicted molar refractivity (Wildman–Crippen MR) is 104 cm³/mol. The van der Waals surface area contributed by atoms with Crippen LogP contribution in [0.15, 0.2) is 56.5 Å². The topological polar surface area (TPSA) is 94.8 Å². The lowest BCUT2D eigenvalue weighted by molar-refractivity contribution is -0.113. The first-order chi connectivity index (χ1) is 12.0. The van der Waals surface area contributed by atoms with Crippen LogP contribution in [0.5, 0.6) is 0 Å². The molecule has 8 heteroatoms. The number of rotatable bonds is 5. The van der Waals surface area contributed by atoms with Crippen LogP contribution in [-0.2, 0) is 10.5 Å². The number of aromatic amines is 2. The second-order valence-corrected chi connectivity index (χ2v) is 7.20. The number of fused-ring (bicyclic) bond motifs is 1. The van der Waals surface area contributed by atoms with E-state index in [2.05, 4.69) is 31.2 Å². The van der Waals surface area contributed by atoms with Gasteiger partial charge in [0.15, 0.2) is 0 Å². The van der Waals surface area contributed by atoms with Gasteiger partial charge in [-0.1, -0.05) is 34.1 Å². The average molecular weight is 420 g/mol. The second kappa shape index (κ2) is 7.71. The van der Waals surface area contributed by atoms with Gasteiger partial charge in [0.2, 0.25) is 5.91 Å². The molecule has 0 aliphatic carbocycles. The van der Waals surface area contributed by atoms with Crippen LogP contribution in [-0.4, -0.2) is 21.6 Å². The number of anilines is 1. The number of benzene rings is 2. The number of carbonyl (C=O) groups is 1. The summed E-state index contributed by atoms with van der Waals surface area (Å²) < 4.78 is 0.784. The second-order valence-electron chi connectivity index (χ2n) is 5.30. The molecule has 2 aromatic carbocycles. The van der Waals surface area contributed by atoms with E-state index in [1.807, 2.05) is 36.4 Å². The van der Waals surface area contributed by atoms with Gasteiger partial charge in [0.05, 0.1) is 16.8 Å². The van der Waals surface area contributed by atoms with Gasteiger partial charge in [0.1, 0.15) is 0 Å². The highest BCUT2D eigenvalue weighted by molar-refractivity contribution is 9.10. The smallest absolute Gasteiger partial charge is 0.314 e. The van der Waals surface area contributed by atoms with E-state index in [0.717, 1.165) is 15.7 Å². The Labute approximate surface area is 155 Å². The van der Waals surface area contributed by atoms with Crippen molar-refractivity contribution in [1.29, 1.82) is 0 Å². The zero-order valence-corrected chi connectivity index (χ0v) is 15.4. The SMILES string of the molecule is O=C(CSCc1cc(Br)cc2[nH]c(=O)c(=O)[nH]c12)Nc1ccccc1. The molecule has 0 fully saturated rings. The molecule has 3 rings (SSSR count). The highest BCUT2D eigenvalue weighted by Gasteiger charge is 2.09. The Kier molecular flexibility index (Phi) is 5.40. The molecule has 0 unspecified atom stereocenters. The fourth-order valence-electron chi connectivity index (χ4n) is 2.34. The maximum Gasteiger partial charge on any atom is 0.314 e. The van der Waals surface area contributed by atoms with E-state index in [1.165, 1.54) is 11.8 Å². The third-order valence-electron chi connectivity index (χ3n) is 3.43. The number of H-pyrrole nitrogens is 2. The lowest BCUT2D eigenvalue weighted by Gasteiger charge is -2.08. The summed E-state index contributed by atoms with van der Waals surface area (Å²) in [6, 6.07) is 12.8. The number of hydrogen-bond acceptors (Lipinski definition) is 4. The number of nitrogens with one attached hydrogen (secondary N) is 3. The summed E-state index contributed by atoms with van der Waals surface area (Å²) in [5.41, 5.74) is 1.32. The van der Waals surface area contributed by atoms with Crippen LogP contribution in [0.3, 0.4) is 0 Å². The molecule has 1 heterocycles. The molecule has 0 radical (unpaired) electrons. The minimum absolute atomic E-state index is 0.0996. The third kappa shape index (κ3) is 4.40. The van der Waals surface area contributed by atoms with E-state index < -0.39 is 11.1 Å². The Morgan fingerprint density at radius 1 is 1.08 bits per heavy atom. The zero-order chi connectivity index (χ0) is 17.8. The number of carbonyl (C=O) groups excluding carboxylic acids is 1. The molecule has 0 aliphatic heterocycles. The van der Waals surface area contributed by atoms with Crippen LogP contribution < -0.4 is 16.4 Å². The molecule has 0 spiro atoms. The molecule has 0 saturated heterocycles. The van der Waals surface area contributed by atoms with E-state index in [-0.39, 0.29) is 11.7 Å². The maximum absolute atomic E-state index is 12.0. The average Bonchev–Trinajstić information content (AvgIpc) is 2.57. The Balaban J connectivity index is 1.71. The predicted octanol–water partition coefficient (Wildman–Crippen LogP) is 2.85. The molecule has 128 valence electrons. The van der Waals surface area contributed by atoms with Crippen molar-refractivity contribution in [2.24, 2.45) is 0 Å². The van der Waals surface area contributed by atoms with E-state index in [1.54, 1.807) is 6.07 Å². The fourth-order valence-corrected chi connectivity index (χ4v) is 3.66. The van der Waals surface area contributed by atoms with Gasteiger partial charge in [-0.2, -0.15) is 0 Å². The molecular weight excluding hydrogens is 406 g/mol. The van der Waals surface area contributed by atoms with Crippen molar-refractivity contribution in [2.45, 2.75) is 5.75 Å². The van der Waals surface area contributed by atoms with Crippen LogP contribution in [0.2, 0.25) is 0 Å². The normalized spacial score (nSPS) is 10.8. The summed E-state index contributed by atoms with van der Waals surface area (Å²) in [4.78, 5) is 40.2. The van der Waals surface area contributed by atoms with Crippen LogP contribution in [0, 0.1) is 0 Å². The quantitative estimate of drug-likeness (QED) is 0.554. The zero-order valence-electron chi connectivity index (χ0n) is 13.0. The van der Waals surface area contributed by atoms with Crippen molar-refractivity contribution >= 4 is 50.3 Å². The molecular formula is C17H14BrN3O3S. The van der Waals surface area contributed by atoms with Gasteiger partial charge in [0, 0.05) is 15.9 Å². The van der Waals surface area contributed by atoms with Gasteiger partial charge in [-0.05, 0) is 29.8 Å². The molecule has 6 nitrogen and oxygen atoms in total. The van der Waals surface area contributed by atoms with E-state index in [0.29, 0.717) is 16.8 Å². The molecule has 0 aliphatic rings. The van der Waals surface area contributed by atoms with Gasteiger partial charge in [-0.3, -0.25) is 14.4 Å². The fraction of sp³-hybridized carbons (Fsp3) is 0.118.